The number of nitrogens with zero attached hydrogens (tertiary/aromatic N) is 6. The monoisotopic (exact) mass is 661 g/mol. The topological polar surface area (TPSA) is 90.5 Å². The smallest absolute Gasteiger partial charge is 0.422 e. The maximum Gasteiger partial charge on any atom is 0.422 e. The third-order valence-corrected chi connectivity index (χ3v) is 10.6. The van der Waals surface area contributed by atoms with E-state index >= 15 is 0 Å². The Hall–Kier alpha value is -4.19. The van der Waals surface area contributed by atoms with Crippen LogP contribution in [-0.4, -0.2) is 95.0 Å². The van der Waals surface area contributed by atoms with Gasteiger partial charge in [-0.3, -0.25) is 9.89 Å². The maximum atomic E-state index is 13.9. The van der Waals surface area contributed by atoms with Crippen molar-refractivity contribution in [3.05, 3.63) is 54.0 Å². The molecule has 5 heterocycles. The molecule has 3 saturated heterocycles. The van der Waals surface area contributed by atoms with Crippen LogP contribution in [0, 0.1) is 12.3 Å². The highest BCUT2D eigenvalue weighted by Gasteiger charge is 2.46. The average molecular weight is 662 g/mol. The van der Waals surface area contributed by atoms with Crippen LogP contribution in [0.3, 0.4) is 0 Å². The molecule has 1 spiro atoms. The fourth-order valence-electron chi connectivity index (χ4n) is 7.84. The molecule has 0 saturated carbocycles. The Kier molecular flexibility index (Phi) is 8.33. The predicted molar refractivity (Wildman–Crippen MR) is 180 cm³/mol. The highest BCUT2D eigenvalue weighted by atomic mass is 19.4. The number of benzene rings is 2. The van der Waals surface area contributed by atoms with Crippen molar-refractivity contribution in [3.63, 3.8) is 0 Å². The number of hydrogen-bond donors (Lipinski definition) is 1. The molecule has 0 aliphatic carbocycles. The summed E-state index contributed by atoms with van der Waals surface area (Å²) in [6.07, 6.45) is 2.62. The van der Waals surface area contributed by atoms with Crippen molar-refractivity contribution >= 4 is 33.5 Å². The number of aromatic amines is 1. The number of H-pyrrole nitrogens is 1. The number of aryl methyl sites for hydroxylation is 2. The number of piperidine rings is 2. The van der Waals surface area contributed by atoms with Gasteiger partial charge in [-0.05, 0) is 94.1 Å². The lowest BCUT2D eigenvalue weighted by Gasteiger charge is -2.54. The molecule has 3 fully saturated rings. The number of amides is 1. The zero-order chi connectivity index (χ0) is 33.8. The molecule has 1 amide bonds. The lowest BCUT2D eigenvalue weighted by Crippen LogP contribution is -2.61. The number of halogens is 3. The number of likely N-dealkylation sites (tertiary alicyclic amines) is 2. The first-order valence-electron chi connectivity index (χ1n) is 16.8. The molecule has 3 aliphatic rings. The molecule has 7 rings (SSSR count). The van der Waals surface area contributed by atoms with Gasteiger partial charge in [-0.1, -0.05) is 19.6 Å². The average Bonchev–Trinajstić information content (AvgIpc) is 3.54. The maximum absolute atomic E-state index is 13.9. The summed E-state index contributed by atoms with van der Waals surface area (Å²) in [7, 11) is 2.09. The van der Waals surface area contributed by atoms with Crippen LogP contribution < -0.4 is 9.64 Å². The summed E-state index contributed by atoms with van der Waals surface area (Å²) < 4.78 is 47.6. The van der Waals surface area contributed by atoms with Gasteiger partial charge >= 0.3 is 6.18 Å². The van der Waals surface area contributed by atoms with E-state index in [4.69, 9.17) is 14.7 Å². The molecule has 48 heavy (non-hydrogen) atoms. The number of ether oxygens (including phenoxy) is 1. The normalized spacial score (nSPS) is 18.9. The van der Waals surface area contributed by atoms with E-state index in [-0.39, 0.29) is 23.0 Å². The Morgan fingerprint density at radius 2 is 1.83 bits per heavy atom. The molecule has 12 heteroatoms. The van der Waals surface area contributed by atoms with Crippen LogP contribution in [0.1, 0.15) is 55.5 Å². The van der Waals surface area contributed by atoms with E-state index in [1.807, 2.05) is 30.9 Å². The van der Waals surface area contributed by atoms with Crippen molar-refractivity contribution in [1.29, 1.82) is 0 Å². The Morgan fingerprint density at radius 1 is 1.10 bits per heavy atom. The van der Waals surface area contributed by atoms with Crippen LogP contribution in [0.25, 0.3) is 32.9 Å². The van der Waals surface area contributed by atoms with Gasteiger partial charge in [-0.25, -0.2) is 9.97 Å². The molecule has 9 nitrogen and oxygen atoms in total. The summed E-state index contributed by atoms with van der Waals surface area (Å²) in [6, 6.07) is 5.95. The second-order valence-electron chi connectivity index (χ2n) is 13.9. The minimum atomic E-state index is -4.54. The van der Waals surface area contributed by atoms with Crippen molar-refractivity contribution in [2.75, 3.05) is 57.8 Å². The Labute approximate surface area is 278 Å². The number of carbonyl (C=O) groups is 1. The molecular formula is C36H42F3N7O2. The summed E-state index contributed by atoms with van der Waals surface area (Å²) in [5.41, 5.74) is 4.46. The second kappa shape index (κ2) is 12.4. The van der Waals surface area contributed by atoms with Crippen LogP contribution in [0.2, 0.25) is 0 Å². The van der Waals surface area contributed by atoms with Crippen LogP contribution in [-0.2, 0) is 11.2 Å². The van der Waals surface area contributed by atoms with Crippen molar-refractivity contribution in [2.45, 2.75) is 58.0 Å². The SMILES string of the molecule is C=CC(=O)N1CC2(CCN(c3nc(C4CCN(C)CC4)nc4c(OCC(F)(F)F)c(-c5c(C)ccc6[nH]ncc56)c(CC)cc34)CC2)C1. The van der Waals surface area contributed by atoms with Crippen LogP contribution in [0.4, 0.5) is 19.0 Å². The van der Waals surface area contributed by atoms with Gasteiger partial charge in [0.05, 0.1) is 11.7 Å². The number of aromatic nitrogens is 4. The minimum Gasteiger partial charge on any atom is -0.481 e. The summed E-state index contributed by atoms with van der Waals surface area (Å²) in [6.45, 7) is 10.8. The largest absolute Gasteiger partial charge is 0.481 e. The van der Waals surface area contributed by atoms with E-state index in [1.165, 1.54) is 6.08 Å². The number of fused-ring (bicyclic) bond motifs is 2. The molecule has 0 bridgehead atoms. The van der Waals surface area contributed by atoms with Crippen molar-refractivity contribution < 1.29 is 22.7 Å². The van der Waals surface area contributed by atoms with Crippen LogP contribution in [0.5, 0.6) is 5.75 Å². The molecule has 1 N–H and O–H groups in total. The zero-order valence-corrected chi connectivity index (χ0v) is 27.8. The van der Waals surface area contributed by atoms with Crippen molar-refractivity contribution in [3.8, 4) is 16.9 Å². The van der Waals surface area contributed by atoms with Crippen molar-refractivity contribution in [2.24, 2.45) is 5.41 Å². The molecular weight excluding hydrogens is 619 g/mol. The van der Waals surface area contributed by atoms with Crippen LogP contribution in [0.15, 0.2) is 37.1 Å². The lowest BCUT2D eigenvalue weighted by atomic mass is 9.72. The number of alkyl halides is 3. The molecule has 3 aliphatic heterocycles. The Bertz CT molecular complexity index is 1860. The number of hydrogen-bond acceptors (Lipinski definition) is 7. The molecule has 0 atom stereocenters. The van der Waals surface area contributed by atoms with Gasteiger partial charge in [-0.15, -0.1) is 0 Å². The highest BCUT2D eigenvalue weighted by molar-refractivity contribution is 6.05. The first-order valence-corrected chi connectivity index (χ1v) is 16.8. The number of carbonyl (C=O) groups excluding carboxylic acids is 1. The third kappa shape index (κ3) is 5.88. The molecule has 2 aromatic heterocycles. The van der Waals surface area contributed by atoms with E-state index in [0.29, 0.717) is 28.7 Å². The van der Waals surface area contributed by atoms with Gasteiger partial charge in [0.15, 0.2) is 12.4 Å². The number of anilines is 1. The van der Waals surface area contributed by atoms with Gasteiger partial charge in [0.2, 0.25) is 5.91 Å². The van der Waals surface area contributed by atoms with Gasteiger partial charge in [0.1, 0.15) is 17.2 Å². The van der Waals surface area contributed by atoms with Gasteiger partial charge in [0, 0.05) is 53.8 Å². The van der Waals surface area contributed by atoms with E-state index in [0.717, 1.165) is 98.4 Å². The first kappa shape index (κ1) is 32.4. The Morgan fingerprint density at radius 3 is 2.50 bits per heavy atom. The molecule has 0 unspecified atom stereocenters. The molecule has 0 radical (unpaired) electrons. The van der Waals surface area contributed by atoms with E-state index in [2.05, 4.69) is 39.7 Å². The van der Waals surface area contributed by atoms with Gasteiger partial charge in [0.25, 0.3) is 0 Å². The van der Waals surface area contributed by atoms with Gasteiger partial charge < -0.3 is 19.4 Å². The molecule has 2 aromatic carbocycles. The highest BCUT2D eigenvalue weighted by Crippen LogP contribution is 2.48. The standard InChI is InChI=1S/C36H42F3N7O2/c1-5-23-17-25-31(32(48-21-36(37,38)39)30(23)29-22(3)7-8-27-26(29)18-40-43-27)41-33(24-9-13-44(4)14-10-24)42-34(25)45-15-11-35(12-16-45)19-46(20-35)28(47)6-2/h6-8,17-18,24H,2,5,9-16,19-21H2,1,3-4H3,(H,40,43). The molecule has 4 aromatic rings. The third-order valence-electron chi connectivity index (χ3n) is 10.6. The lowest BCUT2D eigenvalue weighted by molar-refractivity contribution is -0.153. The summed E-state index contributed by atoms with van der Waals surface area (Å²) in [5.74, 6) is 1.58. The zero-order valence-electron chi connectivity index (χ0n) is 27.8. The number of rotatable bonds is 7. The second-order valence-corrected chi connectivity index (χ2v) is 13.9. The fraction of sp³-hybridized carbons (Fsp3) is 0.500. The fourth-order valence-corrected chi connectivity index (χ4v) is 7.84. The van der Waals surface area contributed by atoms with E-state index < -0.39 is 12.8 Å². The molecule has 254 valence electrons. The van der Waals surface area contributed by atoms with E-state index in [9.17, 15) is 18.0 Å². The van der Waals surface area contributed by atoms with Gasteiger partial charge in [-0.2, -0.15) is 18.3 Å². The quantitative estimate of drug-likeness (QED) is 0.229. The summed E-state index contributed by atoms with van der Waals surface area (Å²) in [5, 5.41) is 8.78. The summed E-state index contributed by atoms with van der Waals surface area (Å²) >= 11 is 0. The van der Waals surface area contributed by atoms with Crippen molar-refractivity contribution in [1.82, 2.24) is 30.0 Å². The summed E-state index contributed by atoms with van der Waals surface area (Å²) in [4.78, 5) is 28.9. The minimum absolute atomic E-state index is 0.0387. The van der Waals surface area contributed by atoms with Crippen LogP contribution >= 0.6 is 0 Å². The Balaban J connectivity index is 1.40. The number of nitrogens with one attached hydrogen (secondary N) is 1. The first-order chi connectivity index (χ1) is 23.0. The van der Waals surface area contributed by atoms with E-state index in [1.54, 1.807) is 6.20 Å². The predicted octanol–water partition coefficient (Wildman–Crippen LogP) is 6.41.